The maximum atomic E-state index is 11.5. The normalized spacial score (nSPS) is 15.0. The second-order valence-electron chi connectivity index (χ2n) is 7.32. The molecule has 2 heterocycles. The van der Waals surface area contributed by atoms with E-state index in [1.54, 1.807) is 0 Å². The van der Waals surface area contributed by atoms with Crippen LogP contribution in [0.1, 0.15) is 49.2 Å². The molecule has 0 aromatic carbocycles. The van der Waals surface area contributed by atoms with E-state index < -0.39 is 10.0 Å². The van der Waals surface area contributed by atoms with E-state index in [4.69, 9.17) is 10.7 Å². The van der Waals surface area contributed by atoms with Crippen LogP contribution in [0.2, 0.25) is 0 Å². The highest BCUT2D eigenvalue weighted by atomic mass is 32.2. The van der Waals surface area contributed by atoms with Crippen molar-refractivity contribution in [1.29, 1.82) is 0 Å². The molecule has 0 unspecified atom stereocenters. The Bertz CT molecular complexity index is 900. The standard InChI is InChI=1S/C18H29N5O2S/c1-12-13(2)21-18(19)16-17(12)23(15(22-16)11-14-7-8-14)9-5-4-6-10-26(24,25)20-3/h14,20H,4-11H2,1-3H3,(H2,19,21). The molecule has 7 nitrogen and oxygen atoms in total. The Morgan fingerprint density at radius 3 is 2.58 bits per heavy atom. The molecule has 0 saturated heterocycles. The van der Waals surface area contributed by atoms with Gasteiger partial charge >= 0.3 is 0 Å². The summed E-state index contributed by atoms with van der Waals surface area (Å²) in [4.78, 5) is 9.24. The number of nitrogens with one attached hydrogen (secondary N) is 1. The highest BCUT2D eigenvalue weighted by Gasteiger charge is 2.26. The van der Waals surface area contributed by atoms with E-state index in [-0.39, 0.29) is 5.75 Å². The smallest absolute Gasteiger partial charge is 0.211 e. The van der Waals surface area contributed by atoms with E-state index in [9.17, 15) is 8.42 Å². The third-order valence-electron chi connectivity index (χ3n) is 5.25. The molecule has 0 aliphatic heterocycles. The third kappa shape index (κ3) is 4.17. The van der Waals surface area contributed by atoms with Crippen LogP contribution in [0.4, 0.5) is 5.82 Å². The number of hydrogen-bond donors (Lipinski definition) is 2. The van der Waals surface area contributed by atoms with Gasteiger partial charge in [0, 0.05) is 18.7 Å². The topological polar surface area (TPSA) is 103 Å². The first-order chi connectivity index (χ1) is 12.3. The fourth-order valence-electron chi connectivity index (χ4n) is 3.36. The van der Waals surface area contributed by atoms with Gasteiger partial charge in [0.2, 0.25) is 10.0 Å². The lowest BCUT2D eigenvalue weighted by Gasteiger charge is -2.12. The maximum absolute atomic E-state index is 11.5. The summed E-state index contributed by atoms with van der Waals surface area (Å²) in [6.07, 6.45) is 5.98. The second kappa shape index (κ2) is 7.52. The predicted molar refractivity (Wildman–Crippen MR) is 105 cm³/mol. The molecule has 0 amide bonds. The van der Waals surface area contributed by atoms with Gasteiger partial charge in [0.05, 0.1) is 11.3 Å². The summed E-state index contributed by atoms with van der Waals surface area (Å²) in [7, 11) is -1.66. The molecule has 0 radical (unpaired) electrons. The van der Waals surface area contributed by atoms with Gasteiger partial charge in [0.1, 0.15) is 11.3 Å². The Kier molecular flexibility index (Phi) is 5.53. The number of nitrogen functional groups attached to an aromatic ring is 1. The lowest BCUT2D eigenvalue weighted by atomic mass is 10.2. The molecule has 1 aliphatic rings. The molecule has 2 aromatic heterocycles. The first-order valence-electron chi connectivity index (χ1n) is 9.35. The fourth-order valence-corrected chi connectivity index (χ4v) is 4.15. The maximum Gasteiger partial charge on any atom is 0.211 e. The number of imidazole rings is 1. The molecular weight excluding hydrogens is 350 g/mol. The van der Waals surface area contributed by atoms with Gasteiger partial charge in [-0.15, -0.1) is 0 Å². The SMILES string of the molecule is CNS(=O)(=O)CCCCCn1c(CC2CC2)nc2c(N)nc(C)c(C)c21. The zero-order valence-corrected chi connectivity index (χ0v) is 16.7. The highest BCUT2D eigenvalue weighted by Crippen LogP contribution is 2.34. The molecule has 0 spiro atoms. The molecule has 0 atom stereocenters. The Labute approximate surface area is 155 Å². The summed E-state index contributed by atoms with van der Waals surface area (Å²) in [5.74, 6) is 2.51. The monoisotopic (exact) mass is 379 g/mol. The summed E-state index contributed by atoms with van der Waals surface area (Å²) < 4.78 is 27.7. The minimum absolute atomic E-state index is 0.179. The first-order valence-corrected chi connectivity index (χ1v) is 11.0. The quantitative estimate of drug-likeness (QED) is 0.651. The van der Waals surface area contributed by atoms with Crippen molar-refractivity contribution < 1.29 is 8.42 Å². The van der Waals surface area contributed by atoms with E-state index in [2.05, 4.69) is 21.2 Å². The molecule has 1 aliphatic carbocycles. The number of fused-ring (bicyclic) bond motifs is 1. The van der Waals surface area contributed by atoms with Crippen LogP contribution >= 0.6 is 0 Å². The molecule has 0 bridgehead atoms. The number of sulfonamides is 1. The van der Waals surface area contributed by atoms with Gasteiger partial charge in [-0.25, -0.2) is 23.1 Å². The number of nitrogens with two attached hydrogens (primary N) is 1. The van der Waals surface area contributed by atoms with Gasteiger partial charge in [0.25, 0.3) is 0 Å². The Balaban J connectivity index is 1.78. The van der Waals surface area contributed by atoms with E-state index in [0.29, 0.717) is 12.2 Å². The van der Waals surface area contributed by atoms with E-state index in [0.717, 1.165) is 59.8 Å². The van der Waals surface area contributed by atoms with Crippen molar-refractivity contribution in [1.82, 2.24) is 19.3 Å². The van der Waals surface area contributed by atoms with Crippen molar-refractivity contribution in [2.24, 2.45) is 5.92 Å². The molecule has 144 valence electrons. The van der Waals surface area contributed by atoms with Gasteiger partial charge in [0.15, 0.2) is 5.82 Å². The van der Waals surface area contributed by atoms with E-state index in [1.165, 1.54) is 19.9 Å². The number of aromatic nitrogens is 3. The van der Waals surface area contributed by atoms with Crippen molar-refractivity contribution in [2.45, 2.75) is 58.9 Å². The van der Waals surface area contributed by atoms with E-state index in [1.807, 2.05) is 6.92 Å². The Hall–Kier alpha value is -1.67. The molecule has 26 heavy (non-hydrogen) atoms. The van der Waals surface area contributed by atoms with Crippen LogP contribution in [0.3, 0.4) is 0 Å². The Morgan fingerprint density at radius 2 is 1.92 bits per heavy atom. The number of pyridine rings is 1. The van der Waals surface area contributed by atoms with Crippen LogP contribution in [0.15, 0.2) is 0 Å². The number of unbranched alkanes of at least 4 members (excludes halogenated alkanes) is 2. The van der Waals surface area contributed by atoms with Crippen molar-refractivity contribution in [3.63, 3.8) is 0 Å². The lowest BCUT2D eigenvalue weighted by molar-refractivity contribution is 0.565. The average molecular weight is 380 g/mol. The van der Waals surface area contributed by atoms with Crippen LogP contribution in [0.25, 0.3) is 11.0 Å². The average Bonchev–Trinajstić information content (AvgIpc) is 3.33. The first kappa shape index (κ1) is 19.1. The minimum Gasteiger partial charge on any atom is -0.382 e. The van der Waals surface area contributed by atoms with Crippen molar-refractivity contribution in [2.75, 3.05) is 18.5 Å². The van der Waals surface area contributed by atoms with Crippen molar-refractivity contribution in [3.8, 4) is 0 Å². The minimum atomic E-state index is -3.12. The summed E-state index contributed by atoms with van der Waals surface area (Å²) in [6, 6.07) is 0. The van der Waals surface area contributed by atoms with Crippen LogP contribution in [-0.2, 0) is 23.0 Å². The largest absolute Gasteiger partial charge is 0.382 e. The van der Waals surface area contributed by atoms with Crippen molar-refractivity contribution >= 4 is 26.9 Å². The second-order valence-corrected chi connectivity index (χ2v) is 9.36. The van der Waals surface area contributed by atoms with Crippen LogP contribution in [0.5, 0.6) is 0 Å². The molecule has 2 aromatic rings. The zero-order chi connectivity index (χ0) is 18.9. The molecule has 3 N–H and O–H groups in total. The summed E-state index contributed by atoms with van der Waals surface area (Å²) in [5, 5.41) is 0. The third-order valence-corrected chi connectivity index (χ3v) is 6.70. The van der Waals surface area contributed by atoms with Gasteiger partial charge in [-0.2, -0.15) is 0 Å². The van der Waals surface area contributed by atoms with E-state index >= 15 is 0 Å². The predicted octanol–water partition coefficient (Wildman–Crippen LogP) is 2.30. The van der Waals surface area contributed by atoms with Gasteiger partial charge in [-0.1, -0.05) is 6.42 Å². The lowest BCUT2D eigenvalue weighted by Crippen LogP contribution is -2.21. The van der Waals surface area contributed by atoms with Gasteiger partial charge < -0.3 is 10.3 Å². The Morgan fingerprint density at radius 1 is 1.19 bits per heavy atom. The van der Waals surface area contributed by atoms with Gasteiger partial charge in [-0.05, 0) is 58.1 Å². The van der Waals surface area contributed by atoms with Crippen LogP contribution in [0, 0.1) is 19.8 Å². The number of rotatable bonds is 9. The molecular formula is C18H29N5O2S. The summed E-state index contributed by atoms with van der Waals surface area (Å²) >= 11 is 0. The molecule has 8 heteroatoms. The van der Waals surface area contributed by atoms with Gasteiger partial charge in [-0.3, -0.25) is 0 Å². The number of nitrogens with zero attached hydrogens (tertiary/aromatic N) is 3. The highest BCUT2D eigenvalue weighted by molar-refractivity contribution is 7.89. The number of anilines is 1. The van der Waals surface area contributed by atoms with Crippen LogP contribution in [-0.4, -0.2) is 35.8 Å². The summed E-state index contributed by atoms with van der Waals surface area (Å²) in [6.45, 7) is 4.89. The molecule has 1 saturated carbocycles. The fraction of sp³-hybridized carbons (Fsp3) is 0.667. The zero-order valence-electron chi connectivity index (χ0n) is 15.9. The number of aryl methyl sites for hydroxylation is 3. The van der Waals surface area contributed by atoms with Crippen LogP contribution < -0.4 is 10.5 Å². The summed E-state index contributed by atoms with van der Waals surface area (Å²) in [5.41, 5.74) is 10.1. The van der Waals surface area contributed by atoms with Crippen molar-refractivity contribution in [3.05, 3.63) is 17.1 Å². The molecule has 1 fully saturated rings. The molecule has 3 rings (SSSR count). The number of hydrogen-bond acceptors (Lipinski definition) is 5.